The molecule has 0 aromatic heterocycles. The van der Waals surface area contributed by atoms with E-state index in [2.05, 4.69) is 0 Å². The highest BCUT2D eigenvalue weighted by Gasteiger charge is 2.34. The summed E-state index contributed by atoms with van der Waals surface area (Å²) in [5.41, 5.74) is 19.7. The lowest BCUT2D eigenvalue weighted by atomic mass is 10.1. The summed E-state index contributed by atoms with van der Waals surface area (Å²) in [7, 11) is -6.53. The number of aryl methyl sites for hydroxylation is 2. The zero-order valence-electron chi connectivity index (χ0n) is 20.5. The van der Waals surface area contributed by atoms with Gasteiger partial charge in [0.1, 0.15) is 4.99 Å². The molecule has 198 valence electrons. The van der Waals surface area contributed by atoms with Crippen molar-refractivity contribution in [1.82, 2.24) is 0 Å². The third kappa shape index (κ3) is 6.75. The third-order valence-corrected chi connectivity index (χ3v) is 12.5. The van der Waals surface area contributed by atoms with Gasteiger partial charge in [-0.15, -0.1) is 0 Å². The molecule has 0 aliphatic rings. The number of rotatable bonds is 10. The highest BCUT2D eigenvalue weighted by atomic mass is 33.1. The van der Waals surface area contributed by atoms with Gasteiger partial charge in [-0.05, 0) is 56.7 Å². The molecule has 1 atom stereocenters. The van der Waals surface area contributed by atoms with Gasteiger partial charge in [0.2, 0.25) is 25.6 Å². The van der Waals surface area contributed by atoms with E-state index in [0.717, 1.165) is 32.7 Å². The minimum absolute atomic E-state index is 0.0393. The van der Waals surface area contributed by atoms with E-state index >= 15 is 0 Å². The maximum absolute atomic E-state index is 13.9. The Bertz CT molecular complexity index is 1500. The first-order valence-electron chi connectivity index (χ1n) is 11.1. The average Bonchev–Trinajstić information content (AvgIpc) is 2.82. The number of carbonyl (C=O) groups is 1. The summed E-state index contributed by atoms with van der Waals surface area (Å²) in [5.74, 6) is -0.554. The predicted octanol–water partition coefficient (Wildman–Crippen LogP) is 3.34. The monoisotopic (exact) mass is 579 g/mol. The number of benzene rings is 3. The van der Waals surface area contributed by atoms with Crippen molar-refractivity contribution in [3.8, 4) is 0 Å². The number of nitrogens with two attached hydrogens (primary N) is 3. The molecule has 1 amide bonds. The first-order valence-corrected chi connectivity index (χ1v) is 16.3. The number of hydrogen-bond donors (Lipinski definition) is 3. The fraction of sp³-hybridized carbons (Fsp3) is 0.240. The Morgan fingerprint density at radius 2 is 1.32 bits per heavy atom. The van der Waals surface area contributed by atoms with Gasteiger partial charge in [-0.2, -0.15) is 0 Å². The normalized spacial score (nSPS) is 13.3. The van der Waals surface area contributed by atoms with Gasteiger partial charge in [0, 0.05) is 6.42 Å². The largest absolute Gasteiger partial charge is 0.369 e. The maximum Gasteiger partial charge on any atom is 0.231 e. The summed E-state index contributed by atoms with van der Waals surface area (Å²) in [6.07, 6.45) is -0.201. The number of primary amides is 1. The van der Waals surface area contributed by atoms with Crippen molar-refractivity contribution < 1.29 is 21.6 Å². The Labute approximate surface area is 225 Å². The lowest BCUT2D eigenvalue weighted by molar-refractivity contribution is -0.117. The Morgan fingerprint density at radius 3 is 1.81 bits per heavy atom. The number of carbonyl (C=O) groups excluding carboxylic acids is 1. The summed E-state index contributed by atoms with van der Waals surface area (Å²) in [4.78, 5) is 9.02. The molecule has 8 nitrogen and oxygen atoms in total. The van der Waals surface area contributed by atoms with Crippen LogP contribution >= 0.6 is 21.6 Å². The van der Waals surface area contributed by atoms with Crippen LogP contribution in [0.15, 0.2) is 86.3 Å². The Morgan fingerprint density at radius 1 is 0.838 bits per heavy atom. The minimum atomic E-state index is -4.31. The molecule has 1 unspecified atom stereocenters. The van der Waals surface area contributed by atoms with E-state index in [4.69, 9.17) is 17.2 Å². The molecule has 0 aliphatic carbocycles. The summed E-state index contributed by atoms with van der Waals surface area (Å²) in [6.45, 7) is 5.23. The molecule has 0 aliphatic heterocycles. The molecular formula is C25H29N3O5S4. The van der Waals surface area contributed by atoms with E-state index in [1.807, 2.05) is 13.8 Å². The second-order valence-corrected chi connectivity index (χ2v) is 15.4. The van der Waals surface area contributed by atoms with Crippen molar-refractivity contribution in [3.05, 3.63) is 83.4 Å². The van der Waals surface area contributed by atoms with E-state index in [1.165, 1.54) is 42.5 Å². The first kappa shape index (κ1) is 29.2. The smallest absolute Gasteiger partial charge is 0.231 e. The van der Waals surface area contributed by atoms with Crippen LogP contribution in [0.2, 0.25) is 0 Å². The van der Waals surface area contributed by atoms with Crippen LogP contribution in [0, 0.1) is 13.8 Å². The zero-order valence-corrected chi connectivity index (χ0v) is 23.8. The van der Waals surface area contributed by atoms with Crippen molar-refractivity contribution in [3.63, 3.8) is 0 Å². The van der Waals surface area contributed by atoms with Crippen molar-refractivity contribution >= 4 is 47.2 Å². The molecule has 0 radical (unpaired) electrons. The van der Waals surface area contributed by atoms with Gasteiger partial charge < -0.3 is 17.2 Å². The van der Waals surface area contributed by atoms with Gasteiger partial charge >= 0.3 is 0 Å². The van der Waals surface area contributed by atoms with Gasteiger partial charge in [0.15, 0.2) is 0 Å². The molecule has 3 aromatic rings. The number of hydrogen-bond acceptors (Lipinski definition) is 9. The highest BCUT2D eigenvalue weighted by Crippen LogP contribution is 2.39. The van der Waals surface area contributed by atoms with E-state index in [1.54, 1.807) is 31.2 Å². The molecular weight excluding hydrogens is 551 g/mol. The average molecular weight is 580 g/mol. The van der Waals surface area contributed by atoms with Crippen LogP contribution in [-0.2, 0) is 30.9 Å². The number of amides is 1. The molecule has 0 saturated heterocycles. The van der Waals surface area contributed by atoms with Crippen LogP contribution < -0.4 is 17.2 Å². The molecule has 3 aromatic carbocycles. The zero-order chi connectivity index (χ0) is 27.6. The molecule has 0 saturated carbocycles. The van der Waals surface area contributed by atoms with E-state index in [0.29, 0.717) is 0 Å². The summed E-state index contributed by atoms with van der Waals surface area (Å²) >= 11 is 0. The van der Waals surface area contributed by atoms with Gasteiger partial charge in [0.25, 0.3) is 0 Å². The van der Waals surface area contributed by atoms with Crippen LogP contribution in [0.5, 0.6) is 0 Å². The molecule has 37 heavy (non-hydrogen) atoms. The fourth-order valence-electron chi connectivity index (χ4n) is 3.43. The Kier molecular flexibility index (Phi) is 8.82. The van der Waals surface area contributed by atoms with Crippen molar-refractivity contribution in [2.45, 2.75) is 57.0 Å². The van der Waals surface area contributed by atoms with E-state index in [9.17, 15) is 21.6 Å². The van der Waals surface area contributed by atoms with Gasteiger partial charge in [-0.3, -0.25) is 4.79 Å². The summed E-state index contributed by atoms with van der Waals surface area (Å²) < 4.78 is 55.3. The molecule has 3 rings (SSSR count). The van der Waals surface area contributed by atoms with Crippen LogP contribution in [0.3, 0.4) is 0 Å². The van der Waals surface area contributed by atoms with Gasteiger partial charge in [-0.1, -0.05) is 69.1 Å². The van der Waals surface area contributed by atoms with Crippen LogP contribution in [-0.4, -0.2) is 33.0 Å². The van der Waals surface area contributed by atoms with Crippen molar-refractivity contribution in [1.29, 1.82) is 0 Å². The predicted molar refractivity (Wildman–Crippen MR) is 148 cm³/mol. The quantitative estimate of drug-likeness (QED) is 0.241. The van der Waals surface area contributed by atoms with Gasteiger partial charge in [0.05, 0.1) is 24.8 Å². The summed E-state index contributed by atoms with van der Waals surface area (Å²) in [5, 5.41) is -0.597. The fourth-order valence-corrected chi connectivity index (χ4v) is 9.09. The van der Waals surface area contributed by atoms with E-state index < -0.39 is 35.8 Å². The van der Waals surface area contributed by atoms with Crippen molar-refractivity contribution in [2.75, 3.05) is 0 Å². The lowest BCUT2D eigenvalue weighted by Gasteiger charge is -2.26. The van der Waals surface area contributed by atoms with E-state index in [-0.39, 0.29) is 31.6 Å². The molecule has 0 spiro atoms. The van der Waals surface area contributed by atoms with Crippen LogP contribution in [0.1, 0.15) is 23.6 Å². The maximum atomic E-state index is 13.9. The molecule has 0 bridgehead atoms. The Balaban J connectivity index is 2.21. The molecule has 0 heterocycles. The SMILES string of the molecule is Cc1ccc(S(=O)(=O)c2cccc(CC(N)(N)SSC(C)C(N)=O)c2S(=O)(=O)c2ccc(C)cc2)cc1. The van der Waals surface area contributed by atoms with Crippen molar-refractivity contribution in [2.24, 2.45) is 17.2 Å². The molecule has 12 heteroatoms. The van der Waals surface area contributed by atoms with Crippen LogP contribution in [0.25, 0.3) is 0 Å². The van der Waals surface area contributed by atoms with Crippen LogP contribution in [0.4, 0.5) is 0 Å². The second-order valence-electron chi connectivity index (χ2n) is 8.73. The summed E-state index contributed by atoms with van der Waals surface area (Å²) in [6, 6.07) is 16.5. The Hall–Kier alpha value is -2.35. The highest BCUT2D eigenvalue weighted by molar-refractivity contribution is 8.77. The minimum Gasteiger partial charge on any atom is -0.369 e. The second kappa shape index (κ2) is 11.2. The molecule has 6 N–H and O–H groups in total. The standard InChI is InChI=1S/C25H29N3O5S4/c1-16-7-11-20(12-8-16)36(30,31)22-6-4-5-19(15-25(27,28)35-34-18(3)24(26)29)23(22)37(32,33)21-13-9-17(2)10-14-21/h4-14,18H,15,27-28H2,1-3H3,(H2,26,29). The third-order valence-electron chi connectivity index (χ3n) is 5.50. The topological polar surface area (TPSA) is 163 Å². The molecule has 0 fully saturated rings. The van der Waals surface area contributed by atoms with Gasteiger partial charge in [-0.25, -0.2) is 16.8 Å². The lowest BCUT2D eigenvalue weighted by Crippen LogP contribution is -2.48. The number of sulfone groups is 2. The first-order chi connectivity index (χ1) is 17.1.